The maximum atomic E-state index is 2.24. The fourth-order valence-electron chi connectivity index (χ4n) is 2.79. The molecule has 0 N–H and O–H groups in total. The SMILES string of the molecule is Cc1c(-c2ccc(C(C)C)cc2)ccc2ccccc12. The number of rotatable bonds is 2. The molecule has 0 fully saturated rings. The van der Waals surface area contributed by atoms with Crippen LogP contribution >= 0.6 is 0 Å². The molecule has 0 aromatic heterocycles. The average Bonchev–Trinajstić information content (AvgIpc) is 2.48. The zero-order valence-corrected chi connectivity index (χ0v) is 12.4. The molecular weight excluding hydrogens is 240 g/mol. The van der Waals surface area contributed by atoms with Crippen molar-refractivity contribution < 1.29 is 0 Å². The van der Waals surface area contributed by atoms with Crippen LogP contribution in [0.25, 0.3) is 21.9 Å². The second kappa shape index (κ2) is 5.13. The maximum Gasteiger partial charge on any atom is -0.0148 e. The smallest absolute Gasteiger partial charge is 0.0148 e. The van der Waals surface area contributed by atoms with Gasteiger partial charge in [-0.1, -0.05) is 74.5 Å². The lowest BCUT2D eigenvalue weighted by Crippen LogP contribution is -1.89. The molecule has 0 heteroatoms. The normalized spacial score (nSPS) is 11.2. The molecule has 0 heterocycles. The Morgan fingerprint density at radius 2 is 1.45 bits per heavy atom. The Labute approximate surface area is 121 Å². The van der Waals surface area contributed by atoms with Crippen LogP contribution in [0.1, 0.15) is 30.9 Å². The van der Waals surface area contributed by atoms with Gasteiger partial charge in [0.15, 0.2) is 0 Å². The van der Waals surface area contributed by atoms with Gasteiger partial charge in [-0.2, -0.15) is 0 Å². The van der Waals surface area contributed by atoms with E-state index in [2.05, 4.69) is 81.4 Å². The van der Waals surface area contributed by atoms with E-state index in [0.717, 1.165) is 0 Å². The van der Waals surface area contributed by atoms with Crippen LogP contribution < -0.4 is 0 Å². The van der Waals surface area contributed by atoms with Gasteiger partial charge < -0.3 is 0 Å². The Kier molecular flexibility index (Phi) is 3.31. The Morgan fingerprint density at radius 3 is 2.15 bits per heavy atom. The van der Waals surface area contributed by atoms with Crippen LogP contribution in [0, 0.1) is 6.92 Å². The highest BCUT2D eigenvalue weighted by Gasteiger charge is 2.06. The van der Waals surface area contributed by atoms with Crippen molar-refractivity contribution in [2.24, 2.45) is 0 Å². The quantitative estimate of drug-likeness (QED) is 0.535. The Balaban J connectivity index is 2.12. The highest BCUT2D eigenvalue weighted by atomic mass is 14.1. The lowest BCUT2D eigenvalue weighted by molar-refractivity contribution is 0.867. The van der Waals surface area contributed by atoms with Crippen LogP contribution in [0.5, 0.6) is 0 Å². The Hall–Kier alpha value is -2.08. The second-order valence-electron chi connectivity index (χ2n) is 5.74. The molecule has 0 aliphatic rings. The molecule has 0 aliphatic carbocycles. The molecule has 3 rings (SSSR count). The highest BCUT2D eigenvalue weighted by Crippen LogP contribution is 2.30. The molecule has 100 valence electrons. The molecule has 0 saturated heterocycles. The first-order valence-electron chi connectivity index (χ1n) is 7.25. The lowest BCUT2D eigenvalue weighted by Gasteiger charge is -2.11. The fraction of sp³-hybridized carbons (Fsp3) is 0.200. The van der Waals surface area contributed by atoms with Gasteiger partial charge in [0.1, 0.15) is 0 Å². The highest BCUT2D eigenvalue weighted by molar-refractivity contribution is 5.91. The van der Waals surface area contributed by atoms with E-state index in [-0.39, 0.29) is 0 Å². The van der Waals surface area contributed by atoms with Gasteiger partial charge in [0.2, 0.25) is 0 Å². The number of benzene rings is 3. The third kappa shape index (κ3) is 2.22. The Morgan fingerprint density at radius 1 is 0.750 bits per heavy atom. The van der Waals surface area contributed by atoms with Crippen molar-refractivity contribution in [1.82, 2.24) is 0 Å². The van der Waals surface area contributed by atoms with Crippen LogP contribution in [0.2, 0.25) is 0 Å². The number of hydrogen-bond donors (Lipinski definition) is 0. The summed E-state index contributed by atoms with van der Waals surface area (Å²) < 4.78 is 0. The van der Waals surface area contributed by atoms with Crippen LogP contribution in [0.4, 0.5) is 0 Å². The number of aryl methyl sites for hydroxylation is 1. The van der Waals surface area contributed by atoms with E-state index in [1.165, 1.54) is 33.0 Å². The van der Waals surface area contributed by atoms with Crippen molar-refractivity contribution in [1.29, 1.82) is 0 Å². The van der Waals surface area contributed by atoms with E-state index < -0.39 is 0 Å². The third-order valence-electron chi connectivity index (χ3n) is 4.09. The molecule has 3 aromatic rings. The van der Waals surface area contributed by atoms with E-state index in [1.54, 1.807) is 0 Å². The first kappa shape index (κ1) is 12.9. The van der Waals surface area contributed by atoms with Crippen molar-refractivity contribution in [2.75, 3.05) is 0 Å². The van der Waals surface area contributed by atoms with Crippen molar-refractivity contribution in [3.05, 3.63) is 71.8 Å². The molecule has 0 aliphatic heterocycles. The predicted octanol–water partition coefficient (Wildman–Crippen LogP) is 5.94. The summed E-state index contributed by atoms with van der Waals surface area (Å²) in [5.74, 6) is 0.585. The monoisotopic (exact) mass is 260 g/mol. The molecule has 20 heavy (non-hydrogen) atoms. The molecule has 0 nitrogen and oxygen atoms in total. The maximum absolute atomic E-state index is 2.24. The summed E-state index contributed by atoms with van der Waals surface area (Å²) in [5.41, 5.74) is 5.39. The van der Waals surface area contributed by atoms with Gasteiger partial charge in [0.25, 0.3) is 0 Å². The van der Waals surface area contributed by atoms with Crippen molar-refractivity contribution >= 4 is 10.8 Å². The van der Waals surface area contributed by atoms with Crippen LogP contribution in [0.3, 0.4) is 0 Å². The summed E-state index contributed by atoms with van der Waals surface area (Å²) in [6.45, 7) is 6.68. The van der Waals surface area contributed by atoms with Gasteiger partial charge in [-0.25, -0.2) is 0 Å². The van der Waals surface area contributed by atoms with E-state index >= 15 is 0 Å². The number of fused-ring (bicyclic) bond motifs is 1. The third-order valence-corrected chi connectivity index (χ3v) is 4.09. The lowest BCUT2D eigenvalue weighted by atomic mass is 9.93. The standard InChI is InChI=1S/C20H20/c1-14(2)16-8-10-18(11-9-16)20-13-12-17-6-4-5-7-19(17)15(20)3/h4-14H,1-3H3. The van der Waals surface area contributed by atoms with E-state index in [1.807, 2.05) is 0 Å². The molecule has 0 spiro atoms. The van der Waals surface area contributed by atoms with E-state index in [9.17, 15) is 0 Å². The Bertz CT molecular complexity index is 734. The fourth-order valence-corrected chi connectivity index (χ4v) is 2.79. The molecular formula is C20H20. The second-order valence-corrected chi connectivity index (χ2v) is 5.74. The number of hydrogen-bond acceptors (Lipinski definition) is 0. The van der Waals surface area contributed by atoms with Crippen molar-refractivity contribution in [3.63, 3.8) is 0 Å². The minimum atomic E-state index is 0.585. The largest absolute Gasteiger partial charge is 0.0616 e. The van der Waals surface area contributed by atoms with Gasteiger partial charge in [0, 0.05) is 0 Å². The van der Waals surface area contributed by atoms with E-state index in [4.69, 9.17) is 0 Å². The molecule has 3 aromatic carbocycles. The summed E-state index contributed by atoms with van der Waals surface area (Å²) in [6.07, 6.45) is 0. The summed E-state index contributed by atoms with van der Waals surface area (Å²) >= 11 is 0. The van der Waals surface area contributed by atoms with Crippen LogP contribution in [0.15, 0.2) is 60.7 Å². The minimum Gasteiger partial charge on any atom is -0.0616 e. The van der Waals surface area contributed by atoms with Crippen LogP contribution in [-0.2, 0) is 0 Å². The molecule has 0 atom stereocenters. The topological polar surface area (TPSA) is 0 Å². The summed E-state index contributed by atoms with van der Waals surface area (Å²) in [6, 6.07) is 22.0. The zero-order chi connectivity index (χ0) is 14.1. The molecule has 0 unspecified atom stereocenters. The zero-order valence-electron chi connectivity index (χ0n) is 12.4. The van der Waals surface area contributed by atoms with Gasteiger partial charge in [-0.15, -0.1) is 0 Å². The van der Waals surface area contributed by atoms with Gasteiger partial charge >= 0.3 is 0 Å². The first-order chi connectivity index (χ1) is 9.66. The molecule has 0 bridgehead atoms. The van der Waals surface area contributed by atoms with Crippen molar-refractivity contribution in [2.45, 2.75) is 26.7 Å². The summed E-state index contributed by atoms with van der Waals surface area (Å²) in [4.78, 5) is 0. The van der Waals surface area contributed by atoms with Crippen LogP contribution in [-0.4, -0.2) is 0 Å². The first-order valence-corrected chi connectivity index (χ1v) is 7.25. The molecule has 0 amide bonds. The van der Waals surface area contributed by atoms with E-state index in [0.29, 0.717) is 5.92 Å². The summed E-state index contributed by atoms with van der Waals surface area (Å²) in [5, 5.41) is 2.66. The predicted molar refractivity (Wildman–Crippen MR) is 88.2 cm³/mol. The van der Waals surface area contributed by atoms with Gasteiger partial charge in [0.05, 0.1) is 0 Å². The summed E-state index contributed by atoms with van der Waals surface area (Å²) in [7, 11) is 0. The van der Waals surface area contributed by atoms with Gasteiger partial charge in [-0.3, -0.25) is 0 Å². The average molecular weight is 260 g/mol. The molecule has 0 radical (unpaired) electrons. The van der Waals surface area contributed by atoms with Gasteiger partial charge in [-0.05, 0) is 45.9 Å². The minimum absolute atomic E-state index is 0.585. The molecule has 0 saturated carbocycles. The van der Waals surface area contributed by atoms with Crippen molar-refractivity contribution in [3.8, 4) is 11.1 Å².